The van der Waals surface area contributed by atoms with E-state index in [0.29, 0.717) is 5.57 Å². The largest absolute Gasteiger partial charge is 0.259 e. The Kier molecular flexibility index (Phi) is 4.34. The van der Waals surface area contributed by atoms with Crippen molar-refractivity contribution < 1.29 is 9.31 Å². The molecule has 0 spiro atoms. The maximum Gasteiger partial charge on any atom is 0.243 e. The molecule has 17 heavy (non-hydrogen) atoms. The van der Waals surface area contributed by atoms with E-state index in [-0.39, 0.29) is 16.4 Å². The van der Waals surface area contributed by atoms with Crippen molar-refractivity contribution in [2.75, 3.05) is 0 Å². The monoisotopic (exact) mass is 256 g/mol. The van der Waals surface area contributed by atoms with Crippen LogP contribution < -0.4 is 0 Å². The van der Waals surface area contributed by atoms with Gasteiger partial charge in [0.15, 0.2) is 0 Å². The summed E-state index contributed by atoms with van der Waals surface area (Å²) >= 11 is 5.66. The van der Waals surface area contributed by atoms with E-state index in [1.54, 1.807) is 13.0 Å². The highest BCUT2D eigenvalue weighted by Gasteiger charge is 2.10. The Morgan fingerprint density at radius 1 is 1.65 bits per heavy atom. The van der Waals surface area contributed by atoms with E-state index in [1.165, 1.54) is 19.1 Å². The molecule has 6 heteroatoms. The topological polar surface area (TPSA) is 56.0 Å². The fourth-order valence-corrected chi connectivity index (χ4v) is 1.39. The van der Waals surface area contributed by atoms with Gasteiger partial charge in [-0.25, -0.2) is 9.37 Å². The van der Waals surface area contributed by atoms with E-state index in [4.69, 9.17) is 11.6 Å². The van der Waals surface area contributed by atoms with Crippen LogP contribution in [0.1, 0.15) is 19.4 Å². The first-order valence-electron chi connectivity index (χ1n) is 4.76. The van der Waals surface area contributed by atoms with Gasteiger partial charge in [-0.3, -0.25) is 10.1 Å². The normalized spacial score (nSPS) is 12.7. The van der Waals surface area contributed by atoms with Gasteiger partial charge in [0.05, 0.1) is 11.1 Å². The van der Waals surface area contributed by atoms with E-state index in [1.807, 2.05) is 0 Å². The minimum Gasteiger partial charge on any atom is -0.259 e. The van der Waals surface area contributed by atoms with Crippen LogP contribution in [0.3, 0.4) is 0 Å². The Balaban J connectivity index is 3.25. The van der Waals surface area contributed by atoms with E-state index in [0.717, 1.165) is 6.20 Å². The van der Waals surface area contributed by atoms with E-state index in [2.05, 4.69) is 4.98 Å². The first-order valence-corrected chi connectivity index (χ1v) is 5.14. The van der Waals surface area contributed by atoms with Gasteiger partial charge in [-0.05, 0) is 18.6 Å². The van der Waals surface area contributed by atoms with Crippen LogP contribution in [0.4, 0.5) is 4.39 Å². The van der Waals surface area contributed by atoms with Crippen molar-refractivity contribution in [3.05, 3.63) is 56.8 Å². The molecule has 0 N–H and O–H groups in total. The second-order valence-corrected chi connectivity index (χ2v) is 3.66. The standard InChI is InChI=1S/C11H10ClFN2O2/c1-3-8(4-7(2)15(16)17)9-5-11(12)14-6-10(9)13/h3-6H,1-2H3/b7-4+,8-3+. The predicted octanol–water partition coefficient (Wildman–Crippen LogP) is 3.46. The molecule has 0 unspecified atom stereocenters. The van der Waals surface area contributed by atoms with Crippen molar-refractivity contribution in [3.8, 4) is 0 Å². The van der Waals surface area contributed by atoms with Crippen LogP contribution in [0.2, 0.25) is 5.15 Å². The third-order valence-electron chi connectivity index (χ3n) is 2.10. The Morgan fingerprint density at radius 2 is 2.29 bits per heavy atom. The second-order valence-electron chi connectivity index (χ2n) is 3.27. The first-order chi connectivity index (χ1) is 7.95. The Bertz CT molecular complexity index is 512. The summed E-state index contributed by atoms with van der Waals surface area (Å²) in [5.41, 5.74) is 0.500. The fraction of sp³-hybridized carbons (Fsp3) is 0.182. The van der Waals surface area contributed by atoms with Gasteiger partial charge in [0.1, 0.15) is 11.0 Å². The number of halogens is 2. The summed E-state index contributed by atoms with van der Waals surface area (Å²) in [5, 5.41) is 10.6. The molecule has 0 aliphatic heterocycles. The zero-order chi connectivity index (χ0) is 13.0. The lowest BCUT2D eigenvalue weighted by Crippen LogP contribution is -1.96. The highest BCUT2D eigenvalue weighted by Crippen LogP contribution is 2.22. The van der Waals surface area contributed by atoms with E-state index < -0.39 is 10.7 Å². The van der Waals surface area contributed by atoms with Crippen LogP contribution in [0.5, 0.6) is 0 Å². The second kappa shape index (κ2) is 5.54. The van der Waals surface area contributed by atoms with Crippen molar-refractivity contribution >= 4 is 17.2 Å². The summed E-state index contributed by atoms with van der Waals surface area (Å²) < 4.78 is 13.5. The lowest BCUT2D eigenvalue weighted by atomic mass is 10.1. The Morgan fingerprint density at radius 3 is 2.82 bits per heavy atom. The van der Waals surface area contributed by atoms with Crippen molar-refractivity contribution in [2.45, 2.75) is 13.8 Å². The average molecular weight is 257 g/mol. The predicted molar refractivity (Wildman–Crippen MR) is 63.6 cm³/mol. The molecule has 0 amide bonds. The molecule has 0 aromatic carbocycles. The van der Waals surface area contributed by atoms with Gasteiger partial charge in [-0.15, -0.1) is 0 Å². The molecule has 1 aromatic heterocycles. The summed E-state index contributed by atoms with van der Waals surface area (Å²) in [6, 6.07) is 1.33. The first kappa shape index (κ1) is 13.3. The molecule has 90 valence electrons. The van der Waals surface area contributed by atoms with Crippen LogP contribution in [-0.4, -0.2) is 9.91 Å². The third-order valence-corrected chi connectivity index (χ3v) is 2.30. The molecule has 0 fully saturated rings. The van der Waals surface area contributed by atoms with E-state index >= 15 is 0 Å². The molecule has 1 aromatic rings. The number of allylic oxidation sites excluding steroid dienone is 4. The molecule has 0 bridgehead atoms. The number of nitrogens with zero attached hydrogens (tertiary/aromatic N) is 2. The van der Waals surface area contributed by atoms with Crippen LogP contribution in [0.25, 0.3) is 5.57 Å². The maximum absolute atomic E-state index is 13.5. The van der Waals surface area contributed by atoms with Crippen molar-refractivity contribution in [2.24, 2.45) is 0 Å². The number of hydrogen-bond donors (Lipinski definition) is 0. The quantitative estimate of drug-likeness (QED) is 0.360. The summed E-state index contributed by atoms with van der Waals surface area (Å²) in [6.45, 7) is 3.00. The Hall–Kier alpha value is -1.75. The lowest BCUT2D eigenvalue weighted by Gasteiger charge is -2.03. The summed E-state index contributed by atoms with van der Waals surface area (Å²) in [5.74, 6) is -0.574. The highest BCUT2D eigenvalue weighted by atomic mass is 35.5. The third kappa shape index (κ3) is 3.35. The van der Waals surface area contributed by atoms with Gasteiger partial charge in [0.2, 0.25) is 5.70 Å². The van der Waals surface area contributed by atoms with Gasteiger partial charge >= 0.3 is 0 Å². The lowest BCUT2D eigenvalue weighted by molar-refractivity contribution is -0.424. The molecule has 1 heterocycles. The summed E-state index contributed by atoms with van der Waals surface area (Å²) in [4.78, 5) is 13.6. The molecule has 4 nitrogen and oxygen atoms in total. The van der Waals surface area contributed by atoms with Gasteiger partial charge in [-0.1, -0.05) is 17.7 Å². The summed E-state index contributed by atoms with van der Waals surface area (Å²) in [6.07, 6.45) is 3.84. The number of hydrogen-bond acceptors (Lipinski definition) is 3. The smallest absolute Gasteiger partial charge is 0.243 e. The van der Waals surface area contributed by atoms with Gasteiger partial charge in [-0.2, -0.15) is 0 Å². The number of aromatic nitrogens is 1. The molecule has 0 atom stereocenters. The molecular formula is C11H10ClFN2O2. The molecule has 0 aliphatic rings. The zero-order valence-electron chi connectivity index (χ0n) is 9.28. The number of pyridine rings is 1. The Labute approximate surface area is 103 Å². The van der Waals surface area contributed by atoms with E-state index in [9.17, 15) is 14.5 Å². The minimum absolute atomic E-state index is 0.0783. The van der Waals surface area contributed by atoms with Gasteiger partial charge in [0.25, 0.3) is 0 Å². The van der Waals surface area contributed by atoms with Crippen LogP contribution in [0.15, 0.2) is 30.1 Å². The van der Waals surface area contributed by atoms with Gasteiger partial charge < -0.3 is 0 Å². The number of nitro groups is 1. The zero-order valence-corrected chi connectivity index (χ0v) is 10.0. The van der Waals surface area contributed by atoms with Gasteiger partial charge in [0, 0.05) is 18.6 Å². The molecule has 0 saturated heterocycles. The van der Waals surface area contributed by atoms with Crippen molar-refractivity contribution in [1.82, 2.24) is 4.98 Å². The van der Waals surface area contributed by atoms with Crippen molar-refractivity contribution in [1.29, 1.82) is 0 Å². The number of rotatable bonds is 3. The molecule has 0 aliphatic carbocycles. The SMILES string of the molecule is C/C=C(\C=C(/C)[N+](=O)[O-])c1cc(Cl)ncc1F. The molecule has 0 radical (unpaired) electrons. The maximum atomic E-state index is 13.5. The fourth-order valence-electron chi connectivity index (χ4n) is 1.23. The minimum atomic E-state index is -0.574. The molecular weight excluding hydrogens is 247 g/mol. The molecule has 0 saturated carbocycles. The van der Waals surface area contributed by atoms with Crippen LogP contribution in [-0.2, 0) is 0 Å². The van der Waals surface area contributed by atoms with Crippen LogP contribution >= 0.6 is 11.6 Å². The van der Waals surface area contributed by atoms with Crippen LogP contribution in [0, 0.1) is 15.9 Å². The molecule has 1 rings (SSSR count). The average Bonchev–Trinajstić information content (AvgIpc) is 2.29. The van der Waals surface area contributed by atoms with Crippen molar-refractivity contribution in [3.63, 3.8) is 0 Å². The highest BCUT2D eigenvalue weighted by molar-refractivity contribution is 6.29. The summed E-state index contributed by atoms with van der Waals surface area (Å²) in [7, 11) is 0.